The molecule has 0 atom stereocenters. The van der Waals surface area contributed by atoms with Gasteiger partial charge in [-0.1, -0.05) is 35.9 Å². The first-order chi connectivity index (χ1) is 15.5. The van der Waals surface area contributed by atoms with E-state index >= 15 is 0 Å². The number of esters is 1. The highest BCUT2D eigenvalue weighted by Crippen LogP contribution is 2.31. The summed E-state index contributed by atoms with van der Waals surface area (Å²) in [6, 6.07) is 20.9. The number of ether oxygens (including phenoxy) is 2. The minimum Gasteiger partial charge on any atom is -0.497 e. The number of hydrogen-bond donors (Lipinski definition) is 1. The van der Waals surface area contributed by atoms with Crippen molar-refractivity contribution in [1.29, 1.82) is 0 Å². The molecule has 1 fully saturated rings. The molecule has 0 aromatic heterocycles. The molecule has 0 unspecified atom stereocenters. The van der Waals surface area contributed by atoms with Gasteiger partial charge in [0.15, 0.2) is 5.17 Å². The van der Waals surface area contributed by atoms with Gasteiger partial charge in [-0.05, 0) is 71.9 Å². The van der Waals surface area contributed by atoms with Gasteiger partial charge in [0.05, 0.1) is 28.3 Å². The van der Waals surface area contributed by atoms with Crippen molar-refractivity contribution in [1.82, 2.24) is 5.32 Å². The molecule has 0 aliphatic carbocycles. The van der Waals surface area contributed by atoms with E-state index in [0.717, 1.165) is 5.69 Å². The van der Waals surface area contributed by atoms with Crippen LogP contribution in [0.25, 0.3) is 6.08 Å². The van der Waals surface area contributed by atoms with E-state index in [0.29, 0.717) is 26.9 Å². The first kappa shape index (κ1) is 21.7. The summed E-state index contributed by atoms with van der Waals surface area (Å²) >= 11 is 7.55. The first-order valence-corrected chi connectivity index (χ1v) is 10.7. The fourth-order valence-corrected chi connectivity index (χ4v) is 3.90. The van der Waals surface area contributed by atoms with Gasteiger partial charge in [0, 0.05) is 0 Å². The fourth-order valence-electron chi connectivity index (χ4n) is 2.83. The maximum absolute atomic E-state index is 12.4. The zero-order chi connectivity index (χ0) is 22.5. The Hall–Kier alpha value is -3.55. The largest absolute Gasteiger partial charge is 0.497 e. The predicted octanol–water partition coefficient (Wildman–Crippen LogP) is 5.46. The molecule has 0 spiro atoms. The molecular weight excluding hydrogens is 448 g/mol. The number of nitrogens with one attached hydrogen (secondary N) is 1. The van der Waals surface area contributed by atoms with Crippen molar-refractivity contribution >= 4 is 52.2 Å². The summed E-state index contributed by atoms with van der Waals surface area (Å²) in [4.78, 5) is 29.5. The lowest BCUT2D eigenvalue weighted by atomic mass is 10.2. The molecule has 1 saturated heterocycles. The third-order valence-electron chi connectivity index (χ3n) is 4.42. The Bertz CT molecular complexity index is 1220. The lowest BCUT2D eigenvalue weighted by Gasteiger charge is -2.08. The Kier molecular flexibility index (Phi) is 6.58. The molecule has 1 N–H and O–H groups in total. The van der Waals surface area contributed by atoms with E-state index in [1.807, 2.05) is 30.3 Å². The van der Waals surface area contributed by atoms with Crippen LogP contribution in [0.15, 0.2) is 82.7 Å². The van der Waals surface area contributed by atoms with Gasteiger partial charge >= 0.3 is 5.97 Å². The normalized spacial score (nSPS) is 15.6. The highest BCUT2D eigenvalue weighted by molar-refractivity contribution is 8.18. The fraction of sp³-hybridized carbons (Fsp3) is 0.0417. The molecule has 160 valence electrons. The Morgan fingerprint density at radius 1 is 1.06 bits per heavy atom. The quantitative estimate of drug-likeness (QED) is 0.308. The van der Waals surface area contributed by atoms with Crippen molar-refractivity contribution in [3.63, 3.8) is 0 Å². The maximum Gasteiger partial charge on any atom is 0.343 e. The third kappa shape index (κ3) is 5.19. The minimum absolute atomic E-state index is 0.226. The van der Waals surface area contributed by atoms with E-state index in [-0.39, 0.29) is 16.7 Å². The molecule has 0 bridgehead atoms. The molecule has 0 saturated carbocycles. The van der Waals surface area contributed by atoms with Gasteiger partial charge in [-0.2, -0.15) is 0 Å². The van der Waals surface area contributed by atoms with Crippen molar-refractivity contribution in [2.24, 2.45) is 4.99 Å². The number of nitrogens with zero attached hydrogens (tertiary/aromatic N) is 1. The summed E-state index contributed by atoms with van der Waals surface area (Å²) < 4.78 is 10.5. The molecule has 32 heavy (non-hydrogen) atoms. The number of halogens is 1. The average molecular weight is 465 g/mol. The van der Waals surface area contributed by atoms with Crippen LogP contribution >= 0.6 is 23.4 Å². The summed E-state index contributed by atoms with van der Waals surface area (Å²) in [7, 11) is 1.55. The van der Waals surface area contributed by atoms with E-state index in [9.17, 15) is 9.59 Å². The van der Waals surface area contributed by atoms with Crippen molar-refractivity contribution in [2.45, 2.75) is 0 Å². The second kappa shape index (κ2) is 9.72. The summed E-state index contributed by atoms with van der Waals surface area (Å²) in [6.45, 7) is 0. The van der Waals surface area contributed by atoms with Crippen LogP contribution in [0.3, 0.4) is 0 Å². The monoisotopic (exact) mass is 464 g/mol. The molecular formula is C24H17ClN2O4S. The van der Waals surface area contributed by atoms with Gasteiger partial charge in [0.2, 0.25) is 0 Å². The summed E-state index contributed by atoms with van der Waals surface area (Å²) in [5.41, 5.74) is 1.82. The Labute approximate surface area is 193 Å². The number of methoxy groups -OCH3 is 1. The molecule has 0 radical (unpaired) electrons. The van der Waals surface area contributed by atoms with Gasteiger partial charge < -0.3 is 14.8 Å². The van der Waals surface area contributed by atoms with Crippen LogP contribution < -0.4 is 14.8 Å². The Balaban J connectivity index is 1.47. The second-order valence-corrected chi connectivity index (χ2v) is 8.06. The molecule has 3 aromatic carbocycles. The van der Waals surface area contributed by atoms with Crippen LogP contribution in [0.1, 0.15) is 15.9 Å². The van der Waals surface area contributed by atoms with Gasteiger partial charge in [-0.25, -0.2) is 9.79 Å². The van der Waals surface area contributed by atoms with Crippen LogP contribution in [0.2, 0.25) is 5.02 Å². The van der Waals surface area contributed by atoms with E-state index in [2.05, 4.69) is 10.3 Å². The minimum atomic E-state index is -0.534. The standard InChI is InChI=1S/C24H17ClN2O4S/c1-30-18-10-8-16(9-11-18)23(29)31-20-12-7-15(13-19(20)25)14-21-22(28)27-24(32-21)26-17-5-3-2-4-6-17/h2-14H,1H3,(H,26,27,28)/b21-14-. The summed E-state index contributed by atoms with van der Waals surface area (Å²) in [6.07, 6.45) is 1.70. The number of carbonyl (C=O) groups excluding carboxylic acids is 2. The molecule has 8 heteroatoms. The highest BCUT2D eigenvalue weighted by Gasteiger charge is 2.24. The molecule has 3 aromatic rings. The van der Waals surface area contributed by atoms with Gasteiger partial charge in [-0.3, -0.25) is 4.79 Å². The second-order valence-electron chi connectivity index (χ2n) is 6.63. The molecule has 1 aliphatic rings. The van der Waals surface area contributed by atoms with E-state index in [1.165, 1.54) is 11.8 Å². The lowest BCUT2D eigenvalue weighted by Crippen LogP contribution is -2.19. The summed E-state index contributed by atoms with van der Waals surface area (Å²) in [5.74, 6) is 0.0937. The number of thioether (sulfide) groups is 1. The summed E-state index contributed by atoms with van der Waals surface area (Å²) in [5, 5.41) is 3.50. The number of benzene rings is 3. The Morgan fingerprint density at radius 3 is 2.50 bits per heavy atom. The van der Waals surface area contributed by atoms with Crippen LogP contribution in [-0.2, 0) is 4.79 Å². The first-order valence-electron chi connectivity index (χ1n) is 9.52. The van der Waals surface area contributed by atoms with Crippen LogP contribution in [0.4, 0.5) is 5.69 Å². The van der Waals surface area contributed by atoms with Crippen molar-refractivity contribution in [3.8, 4) is 11.5 Å². The zero-order valence-corrected chi connectivity index (χ0v) is 18.4. The molecule has 1 aliphatic heterocycles. The van der Waals surface area contributed by atoms with Crippen LogP contribution in [0, 0.1) is 0 Å². The van der Waals surface area contributed by atoms with Crippen molar-refractivity contribution in [2.75, 3.05) is 7.11 Å². The van der Waals surface area contributed by atoms with Gasteiger partial charge in [0.25, 0.3) is 5.91 Å². The lowest BCUT2D eigenvalue weighted by molar-refractivity contribution is -0.115. The van der Waals surface area contributed by atoms with Crippen LogP contribution in [0.5, 0.6) is 11.5 Å². The maximum atomic E-state index is 12.4. The van der Waals surface area contributed by atoms with E-state index in [1.54, 1.807) is 55.7 Å². The van der Waals surface area contributed by atoms with E-state index < -0.39 is 5.97 Å². The third-order valence-corrected chi connectivity index (χ3v) is 5.63. The number of para-hydroxylation sites is 1. The Morgan fingerprint density at radius 2 is 1.81 bits per heavy atom. The van der Waals surface area contributed by atoms with Crippen molar-refractivity contribution in [3.05, 3.63) is 93.9 Å². The highest BCUT2D eigenvalue weighted by atomic mass is 35.5. The number of aliphatic imine (C=N–C) groups is 1. The molecule has 1 amide bonds. The number of amidine groups is 1. The average Bonchev–Trinajstić information content (AvgIpc) is 3.14. The SMILES string of the molecule is COc1ccc(C(=O)Oc2ccc(/C=C3\SC(=Nc4ccccc4)NC3=O)cc2Cl)cc1. The number of rotatable bonds is 5. The molecule has 6 nitrogen and oxygen atoms in total. The van der Waals surface area contributed by atoms with Crippen molar-refractivity contribution < 1.29 is 19.1 Å². The number of carbonyl (C=O) groups is 2. The number of hydrogen-bond acceptors (Lipinski definition) is 6. The van der Waals surface area contributed by atoms with Gasteiger partial charge in [0.1, 0.15) is 11.5 Å². The smallest absolute Gasteiger partial charge is 0.343 e. The molecule has 4 rings (SSSR count). The predicted molar refractivity (Wildman–Crippen MR) is 127 cm³/mol. The number of amides is 1. The topological polar surface area (TPSA) is 77.0 Å². The van der Waals surface area contributed by atoms with Crippen LogP contribution in [-0.4, -0.2) is 24.2 Å². The van der Waals surface area contributed by atoms with Gasteiger partial charge in [-0.15, -0.1) is 0 Å². The zero-order valence-electron chi connectivity index (χ0n) is 16.9. The van der Waals surface area contributed by atoms with E-state index in [4.69, 9.17) is 21.1 Å². The molecule has 1 heterocycles.